The van der Waals surface area contributed by atoms with Crippen molar-refractivity contribution >= 4 is 17.3 Å². The normalized spacial score (nSPS) is 26.0. The van der Waals surface area contributed by atoms with Crippen LogP contribution in [-0.2, 0) is 25.5 Å². The zero-order chi connectivity index (χ0) is 27.7. The van der Waals surface area contributed by atoms with Gasteiger partial charge in [-0.05, 0) is 66.5 Å². The Labute approximate surface area is 229 Å². The topological polar surface area (TPSA) is 80.7 Å². The molecule has 2 aromatic rings. The number of carbonyl (C=O) groups is 3. The van der Waals surface area contributed by atoms with E-state index in [0.717, 1.165) is 37.7 Å². The number of fused-ring (bicyclic) bond motifs is 5. The first-order valence-corrected chi connectivity index (χ1v) is 13.5. The van der Waals surface area contributed by atoms with Crippen LogP contribution in [0.2, 0.25) is 0 Å². The van der Waals surface area contributed by atoms with Crippen molar-refractivity contribution in [3.05, 3.63) is 113 Å². The van der Waals surface area contributed by atoms with Crippen molar-refractivity contribution < 1.29 is 24.2 Å². The molecule has 2 saturated carbocycles. The fraction of sp³-hybridized carbons (Fsp3) is 0.324. The van der Waals surface area contributed by atoms with Crippen molar-refractivity contribution in [3.63, 3.8) is 0 Å². The maximum atomic E-state index is 12.2. The van der Waals surface area contributed by atoms with Gasteiger partial charge in [0.15, 0.2) is 11.5 Å². The molecule has 2 fully saturated rings. The van der Waals surface area contributed by atoms with Crippen LogP contribution in [0.4, 0.5) is 0 Å². The monoisotopic (exact) mass is 522 g/mol. The second kappa shape index (κ2) is 10.6. The summed E-state index contributed by atoms with van der Waals surface area (Å²) in [6.45, 7) is 5.93. The van der Waals surface area contributed by atoms with E-state index in [1.165, 1.54) is 36.0 Å². The molecule has 0 bridgehead atoms. The van der Waals surface area contributed by atoms with Crippen LogP contribution in [0.15, 0.2) is 96.3 Å². The van der Waals surface area contributed by atoms with E-state index in [0.29, 0.717) is 28.9 Å². The lowest BCUT2D eigenvalue weighted by Crippen LogP contribution is -2.37. The molecule has 4 unspecified atom stereocenters. The molecule has 5 nitrogen and oxygen atoms in total. The van der Waals surface area contributed by atoms with Gasteiger partial charge in [0, 0.05) is 35.3 Å². The van der Waals surface area contributed by atoms with Gasteiger partial charge in [-0.25, -0.2) is 0 Å². The van der Waals surface area contributed by atoms with Crippen LogP contribution in [0, 0.1) is 11.3 Å². The van der Waals surface area contributed by atoms with E-state index in [9.17, 15) is 19.5 Å². The molecule has 39 heavy (non-hydrogen) atoms. The van der Waals surface area contributed by atoms with Crippen LogP contribution >= 0.6 is 0 Å². The van der Waals surface area contributed by atoms with Crippen LogP contribution in [0.25, 0.3) is 0 Å². The first-order chi connectivity index (χ1) is 18.8. The zero-order valence-corrected chi connectivity index (χ0v) is 22.5. The van der Waals surface area contributed by atoms with Crippen LogP contribution in [-0.4, -0.2) is 29.6 Å². The maximum Gasteiger partial charge on any atom is 0.220 e. The summed E-state index contributed by atoms with van der Waals surface area (Å²) in [5, 5.41) is 9.64. The predicted octanol–water partition coefficient (Wildman–Crippen LogP) is 6.30. The van der Waals surface area contributed by atoms with Gasteiger partial charge in [-0.15, -0.1) is 6.58 Å². The molecule has 4 aliphatic rings. The molecular formula is C34H34O5. The molecule has 0 spiro atoms. The highest BCUT2D eigenvalue weighted by Crippen LogP contribution is 2.57. The Hall–Kier alpha value is -3.99. The molecule has 0 heterocycles. The molecule has 0 aliphatic heterocycles. The minimum Gasteiger partial charge on any atom is -0.508 e. The molecule has 0 aromatic heterocycles. The van der Waals surface area contributed by atoms with E-state index in [1.54, 1.807) is 12.1 Å². The highest BCUT2D eigenvalue weighted by atomic mass is 16.5. The summed E-state index contributed by atoms with van der Waals surface area (Å²) in [6.07, 6.45) is 11.3. The number of hydrogen-bond donors (Lipinski definition) is 1. The van der Waals surface area contributed by atoms with Crippen molar-refractivity contribution in [2.45, 2.75) is 50.9 Å². The summed E-state index contributed by atoms with van der Waals surface area (Å²) in [5.41, 5.74) is 5.39. The number of rotatable bonds is 4. The van der Waals surface area contributed by atoms with E-state index in [1.807, 2.05) is 36.4 Å². The summed E-state index contributed by atoms with van der Waals surface area (Å²) in [6, 6.07) is 15.3. The summed E-state index contributed by atoms with van der Waals surface area (Å²) >= 11 is 0. The molecule has 4 atom stereocenters. The minimum absolute atomic E-state index is 0.0737. The van der Waals surface area contributed by atoms with Crippen molar-refractivity contribution in [1.29, 1.82) is 0 Å². The fourth-order valence-electron chi connectivity index (χ4n) is 6.79. The second-order valence-electron chi connectivity index (χ2n) is 11.0. The number of benzene rings is 2. The summed E-state index contributed by atoms with van der Waals surface area (Å²) in [4.78, 5) is 36.1. The van der Waals surface area contributed by atoms with E-state index in [-0.39, 0.29) is 28.7 Å². The number of carbonyl (C=O) groups excluding carboxylic acids is 3. The predicted molar refractivity (Wildman–Crippen MR) is 150 cm³/mol. The molecule has 5 heteroatoms. The number of ketones is 3. The maximum absolute atomic E-state index is 12.2. The molecule has 1 N–H and O–H groups in total. The number of phenolic OH excluding ortho intramolecular Hbond substituents is 1. The number of aromatic hydroxyl groups is 1. The lowest BCUT2D eigenvalue weighted by molar-refractivity contribution is -0.127. The summed E-state index contributed by atoms with van der Waals surface area (Å²) in [5.74, 6) is 1.04. The highest BCUT2D eigenvalue weighted by molar-refractivity contribution is 6.19. The van der Waals surface area contributed by atoms with Crippen molar-refractivity contribution in [2.24, 2.45) is 11.3 Å². The number of methoxy groups -OCH3 is 1. The average molecular weight is 523 g/mol. The molecular weight excluding hydrogens is 488 g/mol. The van der Waals surface area contributed by atoms with Crippen molar-refractivity contribution in [1.82, 2.24) is 0 Å². The van der Waals surface area contributed by atoms with Crippen molar-refractivity contribution in [2.75, 3.05) is 7.11 Å². The van der Waals surface area contributed by atoms with E-state index in [4.69, 9.17) is 4.74 Å². The van der Waals surface area contributed by atoms with Crippen molar-refractivity contribution in [3.8, 4) is 5.75 Å². The lowest BCUT2D eigenvalue weighted by atomic mass is 9.60. The Kier molecular flexibility index (Phi) is 7.26. The van der Waals surface area contributed by atoms with Gasteiger partial charge in [0.05, 0.1) is 7.11 Å². The summed E-state index contributed by atoms with van der Waals surface area (Å²) in [7, 11) is 1.37. The molecule has 2 aromatic carbocycles. The molecule has 0 saturated heterocycles. The van der Waals surface area contributed by atoms with Gasteiger partial charge in [0.2, 0.25) is 5.78 Å². The summed E-state index contributed by atoms with van der Waals surface area (Å²) < 4.78 is 4.86. The van der Waals surface area contributed by atoms with Gasteiger partial charge in [0.25, 0.3) is 0 Å². The minimum atomic E-state index is -0.292. The Morgan fingerprint density at radius 1 is 1.05 bits per heavy atom. The van der Waals surface area contributed by atoms with Gasteiger partial charge < -0.3 is 9.84 Å². The van der Waals surface area contributed by atoms with Gasteiger partial charge in [0.1, 0.15) is 11.5 Å². The quantitative estimate of drug-likeness (QED) is 0.376. The number of allylic oxidation sites excluding steroid dienone is 6. The number of ether oxygens (including phenoxy) is 1. The fourth-order valence-corrected chi connectivity index (χ4v) is 6.79. The van der Waals surface area contributed by atoms with E-state index >= 15 is 0 Å². The van der Waals surface area contributed by atoms with E-state index < -0.39 is 0 Å². The Bertz CT molecular complexity index is 1430. The smallest absolute Gasteiger partial charge is 0.220 e. The second-order valence-corrected chi connectivity index (χ2v) is 11.0. The third-order valence-electron chi connectivity index (χ3n) is 8.91. The number of phenols is 1. The SMILES string of the molecule is C=CC(C1=CC(=O)C(OC)=CC1=O)c1ccccc1.CC12CCC3C(=CCc4cc(O)ccc43)C1CCC2=O. The van der Waals surface area contributed by atoms with Crippen LogP contribution in [0.5, 0.6) is 5.75 Å². The standard InChI is InChI=1S/C18H20O2.C16H14O3/c1-18-9-8-14-13-5-3-12(19)10-11(13)2-4-15(14)16(18)6-7-17(18)20;1-3-12(11-7-5-4-6-8-11)13-9-15(18)16(19-2)10-14(13)17/h3-5,10,14,16,19H,2,6-9H2,1H3;3-10,12H,1H2,2H3. The molecule has 4 aliphatic carbocycles. The van der Waals surface area contributed by atoms with Crippen LogP contribution in [0.3, 0.4) is 0 Å². The van der Waals surface area contributed by atoms with Crippen LogP contribution in [0.1, 0.15) is 61.1 Å². The van der Waals surface area contributed by atoms with Gasteiger partial charge in [-0.1, -0.05) is 61.0 Å². The molecule has 6 rings (SSSR count). The molecule has 200 valence electrons. The van der Waals surface area contributed by atoms with Gasteiger partial charge >= 0.3 is 0 Å². The third kappa shape index (κ3) is 4.82. The largest absolute Gasteiger partial charge is 0.508 e. The number of hydrogen-bond acceptors (Lipinski definition) is 5. The molecule has 0 radical (unpaired) electrons. The third-order valence-corrected chi connectivity index (χ3v) is 8.91. The van der Waals surface area contributed by atoms with E-state index in [2.05, 4.69) is 25.6 Å². The molecule has 0 amide bonds. The average Bonchev–Trinajstić information content (AvgIpc) is 3.25. The first kappa shape index (κ1) is 26.6. The number of Topliss-reactive ketones (excluding diaryl/α,β-unsaturated/α-hetero) is 1. The Morgan fingerprint density at radius 3 is 2.54 bits per heavy atom. The van der Waals surface area contributed by atoms with Gasteiger partial charge in [-0.2, -0.15) is 0 Å². The lowest BCUT2D eigenvalue weighted by Gasteiger charge is -2.43. The Balaban J connectivity index is 0.000000158. The Morgan fingerprint density at radius 2 is 1.82 bits per heavy atom. The zero-order valence-electron chi connectivity index (χ0n) is 22.5. The van der Waals surface area contributed by atoms with Gasteiger partial charge in [-0.3, -0.25) is 14.4 Å². The first-order valence-electron chi connectivity index (χ1n) is 13.5. The van der Waals surface area contributed by atoms with Crippen LogP contribution < -0.4 is 0 Å². The highest BCUT2D eigenvalue weighted by Gasteiger charge is 2.52.